The van der Waals surface area contributed by atoms with E-state index < -0.39 is 12.3 Å². The molecule has 0 aromatic rings. The van der Waals surface area contributed by atoms with Crippen LogP contribution in [0.5, 0.6) is 0 Å². The number of β-amino-alcohol motifs (C(OH)–C–C–N with tert-alkyl or cyclic N) is 1. The maximum absolute atomic E-state index is 12.3. The van der Waals surface area contributed by atoms with E-state index in [2.05, 4.69) is 0 Å². The summed E-state index contributed by atoms with van der Waals surface area (Å²) >= 11 is 0. The van der Waals surface area contributed by atoms with Crippen molar-refractivity contribution in [3.8, 4) is 0 Å². The van der Waals surface area contributed by atoms with Gasteiger partial charge in [0, 0.05) is 6.54 Å². The number of hydrogen-bond donors (Lipinski definition) is 1. The predicted octanol–water partition coefficient (Wildman–Crippen LogP) is -0.843. The molecular formula is C5H8FNO2. The van der Waals surface area contributed by atoms with Crippen LogP contribution in [0.2, 0.25) is 0 Å². The lowest BCUT2D eigenvalue weighted by molar-refractivity contribution is -0.117. The molecule has 1 N–H and O–H groups in total. The second kappa shape index (κ2) is 2.31. The quantitative estimate of drug-likeness (QED) is 0.474. The molecular weight excluding hydrogens is 125 g/mol. The van der Waals surface area contributed by atoms with Gasteiger partial charge in [0.1, 0.15) is 12.3 Å². The van der Waals surface area contributed by atoms with Crippen molar-refractivity contribution in [1.82, 2.24) is 4.90 Å². The van der Waals surface area contributed by atoms with E-state index in [4.69, 9.17) is 5.11 Å². The number of alkyl halides is 1. The molecule has 1 rings (SSSR count). The molecule has 52 valence electrons. The maximum Gasteiger partial charge on any atom is 0.209 e. The number of carbonyl (C=O) groups excluding carboxylic acids is 1. The number of hydrogen-bond acceptors (Lipinski definition) is 2. The average molecular weight is 133 g/mol. The largest absolute Gasteiger partial charge is 0.388 e. The third kappa shape index (κ3) is 1.18. The first kappa shape index (κ1) is 6.48. The van der Waals surface area contributed by atoms with Crippen LogP contribution in [0, 0.1) is 0 Å². The van der Waals surface area contributed by atoms with Crippen molar-refractivity contribution in [1.29, 1.82) is 0 Å². The van der Waals surface area contributed by atoms with Crippen LogP contribution in [0.4, 0.5) is 4.39 Å². The standard InChI is InChI=1S/C5H8FNO2/c6-4-1-7(3-8)2-5(4)9/h3-5,9H,1-2H2/t4-,5-/m1/s1. The van der Waals surface area contributed by atoms with Gasteiger partial charge in [-0.2, -0.15) is 0 Å². The predicted molar refractivity (Wildman–Crippen MR) is 28.5 cm³/mol. The van der Waals surface area contributed by atoms with Gasteiger partial charge in [-0.05, 0) is 0 Å². The summed E-state index contributed by atoms with van der Waals surface area (Å²) in [5.74, 6) is 0. The summed E-state index contributed by atoms with van der Waals surface area (Å²) in [7, 11) is 0. The minimum absolute atomic E-state index is 0.0324. The fraction of sp³-hybridized carbons (Fsp3) is 0.800. The Bertz CT molecular complexity index is 110. The van der Waals surface area contributed by atoms with Gasteiger partial charge in [0.2, 0.25) is 6.41 Å². The highest BCUT2D eigenvalue weighted by molar-refractivity contribution is 5.48. The van der Waals surface area contributed by atoms with Gasteiger partial charge < -0.3 is 10.0 Å². The van der Waals surface area contributed by atoms with Crippen LogP contribution in [0.1, 0.15) is 0 Å². The van der Waals surface area contributed by atoms with Crippen molar-refractivity contribution in [3.63, 3.8) is 0 Å². The topological polar surface area (TPSA) is 40.5 Å². The molecule has 1 aliphatic heterocycles. The highest BCUT2D eigenvalue weighted by Crippen LogP contribution is 2.10. The van der Waals surface area contributed by atoms with Gasteiger partial charge in [-0.3, -0.25) is 4.79 Å². The summed E-state index contributed by atoms with van der Waals surface area (Å²) in [6.45, 7) is 0.162. The Morgan fingerprint density at radius 1 is 1.67 bits per heavy atom. The lowest BCUT2D eigenvalue weighted by Gasteiger charge is -2.03. The van der Waals surface area contributed by atoms with Gasteiger partial charge >= 0.3 is 0 Å². The number of rotatable bonds is 1. The van der Waals surface area contributed by atoms with Gasteiger partial charge in [-0.1, -0.05) is 0 Å². The van der Waals surface area contributed by atoms with Crippen LogP contribution >= 0.6 is 0 Å². The Morgan fingerprint density at radius 2 is 2.33 bits per heavy atom. The first-order chi connectivity index (χ1) is 4.24. The van der Waals surface area contributed by atoms with E-state index in [1.165, 1.54) is 4.90 Å². The SMILES string of the molecule is O=CN1C[C@@H](O)[C@H](F)C1. The van der Waals surface area contributed by atoms with Crippen LogP contribution in [0.3, 0.4) is 0 Å². The molecule has 1 fully saturated rings. The smallest absolute Gasteiger partial charge is 0.209 e. The van der Waals surface area contributed by atoms with Crippen molar-refractivity contribution in [3.05, 3.63) is 0 Å². The lowest BCUT2D eigenvalue weighted by Crippen LogP contribution is -2.19. The Hall–Kier alpha value is -0.640. The Balaban J connectivity index is 2.43. The number of halogens is 1. The third-order valence-electron chi connectivity index (χ3n) is 1.40. The number of carbonyl (C=O) groups is 1. The van der Waals surface area contributed by atoms with E-state index in [0.29, 0.717) is 6.41 Å². The molecule has 1 aliphatic rings. The number of aliphatic hydroxyl groups is 1. The Labute approximate surface area is 52.1 Å². The van der Waals surface area contributed by atoms with Gasteiger partial charge in [0.15, 0.2) is 0 Å². The second-order valence-electron chi connectivity index (χ2n) is 2.14. The van der Waals surface area contributed by atoms with Crippen molar-refractivity contribution in [2.24, 2.45) is 0 Å². The van der Waals surface area contributed by atoms with E-state index in [1.54, 1.807) is 0 Å². The summed E-state index contributed by atoms with van der Waals surface area (Å²) in [5.41, 5.74) is 0. The summed E-state index contributed by atoms with van der Waals surface area (Å²) < 4.78 is 12.3. The number of amides is 1. The van der Waals surface area contributed by atoms with Gasteiger partial charge in [-0.25, -0.2) is 4.39 Å². The van der Waals surface area contributed by atoms with Crippen LogP contribution in [0.25, 0.3) is 0 Å². The zero-order valence-electron chi connectivity index (χ0n) is 4.83. The van der Waals surface area contributed by atoms with Crippen LogP contribution in [-0.2, 0) is 4.79 Å². The minimum Gasteiger partial charge on any atom is -0.388 e. The fourth-order valence-corrected chi connectivity index (χ4v) is 0.861. The van der Waals surface area contributed by atoms with E-state index >= 15 is 0 Å². The monoisotopic (exact) mass is 133 g/mol. The number of likely N-dealkylation sites (tertiary alicyclic amines) is 1. The zero-order valence-corrected chi connectivity index (χ0v) is 4.83. The molecule has 0 saturated carbocycles. The first-order valence-corrected chi connectivity index (χ1v) is 2.75. The summed E-state index contributed by atoms with van der Waals surface area (Å²) in [5, 5.41) is 8.72. The molecule has 9 heavy (non-hydrogen) atoms. The summed E-state index contributed by atoms with van der Waals surface area (Å²) in [6.07, 6.45) is -1.69. The fourth-order valence-electron chi connectivity index (χ4n) is 0.861. The highest BCUT2D eigenvalue weighted by atomic mass is 19.1. The van der Waals surface area contributed by atoms with Crippen molar-refractivity contribution in [2.75, 3.05) is 13.1 Å². The molecule has 1 amide bonds. The molecule has 2 atom stereocenters. The number of aliphatic hydroxyl groups excluding tert-OH is 1. The maximum atomic E-state index is 12.3. The molecule has 0 aliphatic carbocycles. The third-order valence-corrected chi connectivity index (χ3v) is 1.40. The first-order valence-electron chi connectivity index (χ1n) is 2.75. The Morgan fingerprint density at radius 3 is 2.56 bits per heavy atom. The molecule has 0 radical (unpaired) electrons. The van der Waals surface area contributed by atoms with E-state index in [9.17, 15) is 9.18 Å². The van der Waals surface area contributed by atoms with Gasteiger partial charge in [0.05, 0.1) is 6.54 Å². The normalized spacial score (nSPS) is 35.1. The molecule has 1 heterocycles. The molecule has 4 heteroatoms. The molecule has 1 saturated heterocycles. The highest BCUT2D eigenvalue weighted by Gasteiger charge is 2.29. The van der Waals surface area contributed by atoms with Gasteiger partial charge in [0.25, 0.3) is 0 Å². The molecule has 0 unspecified atom stereocenters. The van der Waals surface area contributed by atoms with Crippen LogP contribution < -0.4 is 0 Å². The zero-order chi connectivity index (χ0) is 6.85. The summed E-state index contributed by atoms with van der Waals surface area (Å²) in [6, 6.07) is 0. The molecule has 0 aromatic heterocycles. The molecule has 3 nitrogen and oxygen atoms in total. The van der Waals surface area contributed by atoms with Crippen LogP contribution in [-0.4, -0.2) is 41.8 Å². The van der Waals surface area contributed by atoms with Crippen LogP contribution in [0.15, 0.2) is 0 Å². The lowest BCUT2D eigenvalue weighted by atomic mass is 10.3. The molecule has 0 bridgehead atoms. The van der Waals surface area contributed by atoms with Gasteiger partial charge in [-0.15, -0.1) is 0 Å². The average Bonchev–Trinajstić information content (AvgIpc) is 2.13. The molecule has 0 aromatic carbocycles. The van der Waals surface area contributed by atoms with Crippen molar-refractivity contribution >= 4 is 6.41 Å². The Kier molecular flexibility index (Phi) is 1.66. The van der Waals surface area contributed by atoms with Crippen molar-refractivity contribution in [2.45, 2.75) is 12.3 Å². The van der Waals surface area contributed by atoms with E-state index in [0.717, 1.165) is 0 Å². The van der Waals surface area contributed by atoms with E-state index in [-0.39, 0.29) is 13.1 Å². The minimum atomic E-state index is -1.25. The number of nitrogens with zero attached hydrogens (tertiary/aromatic N) is 1. The molecule has 0 spiro atoms. The van der Waals surface area contributed by atoms with E-state index in [1.807, 2.05) is 0 Å². The summed E-state index contributed by atoms with van der Waals surface area (Å²) in [4.78, 5) is 11.2. The van der Waals surface area contributed by atoms with Crippen molar-refractivity contribution < 1.29 is 14.3 Å². The second-order valence-corrected chi connectivity index (χ2v) is 2.14.